The van der Waals surface area contributed by atoms with Crippen molar-refractivity contribution in [1.29, 1.82) is 0 Å². The summed E-state index contributed by atoms with van der Waals surface area (Å²) in [4.78, 5) is 12.5. The van der Waals surface area contributed by atoms with Crippen LogP contribution in [0.3, 0.4) is 0 Å². The second-order valence-electron chi connectivity index (χ2n) is 6.22. The van der Waals surface area contributed by atoms with Crippen molar-refractivity contribution in [2.45, 2.75) is 52.6 Å². The fraction of sp³-hybridized carbons (Fsp3) is 0.562. The summed E-state index contributed by atoms with van der Waals surface area (Å²) < 4.78 is 5.58. The highest BCUT2D eigenvalue weighted by Gasteiger charge is 2.41. The van der Waals surface area contributed by atoms with Crippen LogP contribution in [0.5, 0.6) is 0 Å². The number of hydrogen-bond acceptors (Lipinski definition) is 2. The molecule has 1 rings (SSSR count). The number of benzene rings is 1. The highest BCUT2D eigenvalue weighted by atomic mass is 16.6. The van der Waals surface area contributed by atoms with Crippen LogP contribution in [-0.4, -0.2) is 11.6 Å². The van der Waals surface area contributed by atoms with Gasteiger partial charge in [0.05, 0.1) is 5.41 Å². The van der Waals surface area contributed by atoms with Crippen LogP contribution >= 0.6 is 0 Å². The van der Waals surface area contributed by atoms with E-state index in [1.807, 2.05) is 58.0 Å². The van der Waals surface area contributed by atoms with Crippen LogP contribution in [-0.2, 0) is 14.9 Å². The van der Waals surface area contributed by atoms with Gasteiger partial charge in [0.2, 0.25) is 0 Å². The lowest BCUT2D eigenvalue weighted by Gasteiger charge is -2.34. The number of carbonyl (C=O) groups is 1. The van der Waals surface area contributed by atoms with E-state index in [2.05, 4.69) is 13.8 Å². The first-order valence-electron chi connectivity index (χ1n) is 6.47. The third-order valence-corrected chi connectivity index (χ3v) is 3.35. The largest absolute Gasteiger partial charge is 0.459 e. The molecule has 0 aliphatic carbocycles. The van der Waals surface area contributed by atoms with E-state index in [9.17, 15) is 4.79 Å². The Bertz CT molecular complexity index is 401. The molecular formula is C16H24O2. The molecule has 0 spiro atoms. The lowest BCUT2D eigenvalue weighted by molar-refractivity contribution is -0.163. The molecule has 0 amide bonds. The molecule has 100 valence electrons. The first kappa shape index (κ1) is 14.7. The van der Waals surface area contributed by atoms with E-state index in [1.165, 1.54) is 0 Å². The quantitative estimate of drug-likeness (QED) is 0.757. The van der Waals surface area contributed by atoms with Crippen molar-refractivity contribution in [3.63, 3.8) is 0 Å². The number of rotatable bonds is 3. The Morgan fingerprint density at radius 2 is 1.56 bits per heavy atom. The van der Waals surface area contributed by atoms with Gasteiger partial charge in [-0.15, -0.1) is 0 Å². The average Bonchev–Trinajstić information content (AvgIpc) is 2.26. The lowest BCUT2D eigenvalue weighted by Crippen LogP contribution is -2.42. The van der Waals surface area contributed by atoms with Crippen LogP contribution in [0.25, 0.3) is 0 Å². The van der Waals surface area contributed by atoms with E-state index in [0.29, 0.717) is 0 Å². The van der Waals surface area contributed by atoms with Crippen LogP contribution in [0, 0.1) is 5.92 Å². The summed E-state index contributed by atoms with van der Waals surface area (Å²) in [6.07, 6.45) is 0. The number of carbonyl (C=O) groups excluding carboxylic acids is 1. The molecule has 0 heterocycles. The van der Waals surface area contributed by atoms with Gasteiger partial charge in [0.25, 0.3) is 0 Å². The van der Waals surface area contributed by atoms with E-state index < -0.39 is 11.0 Å². The van der Waals surface area contributed by atoms with E-state index >= 15 is 0 Å². The predicted octanol–water partition coefficient (Wildman–Crippen LogP) is 3.94. The van der Waals surface area contributed by atoms with Crippen LogP contribution in [0.15, 0.2) is 30.3 Å². The number of esters is 1. The Balaban J connectivity index is 3.13. The van der Waals surface area contributed by atoms with Crippen molar-refractivity contribution in [2.24, 2.45) is 5.92 Å². The zero-order valence-corrected chi connectivity index (χ0v) is 12.3. The molecule has 0 saturated carbocycles. The minimum absolute atomic E-state index is 0.156. The Morgan fingerprint density at radius 3 is 1.94 bits per heavy atom. The maximum atomic E-state index is 12.5. The molecule has 2 heteroatoms. The van der Waals surface area contributed by atoms with Crippen molar-refractivity contribution in [1.82, 2.24) is 0 Å². The van der Waals surface area contributed by atoms with Crippen molar-refractivity contribution < 1.29 is 9.53 Å². The van der Waals surface area contributed by atoms with Crippen LogP contribution < -0.4 is 0 Å². The molecule has 1 aromatic carbocycles. The minimum Gasteiger partial charge on any atom is -0.459 e. The normalized spacial score (nSPS) is 15.3. The van der Waals surface area contributed by atoms with Crippen molar-refractivity contribution in [2.75, 3.05) is 0 Å². The van der Waals surface area contributed by atoms with Gasteiger partial charge < -0.3 is 4.74 Å². The maximum absolute atomic E-state index is 12.5. The molecule has 1 unspecified atom stereocenters. The zero-order valence-electron chi connectivity index (χ0n) is 12.3. The number of hydrogen-bond donors (Lipinski definition) is 0. The van der Waals surface area contributed by atoms with Crippen LogP contribution in [0.1, 0.15) is 47.1 Å². The third kappa shape index (κ3) is 3.12. The molecule has 0 N–H and O–H groups in total. The van der Waals surface area contributed by atoms with Gasteiger partial charge in [0, 0.05) is 0 Å². The van der Waals surface area contributed by atoms with Crippen molar-refractivity contribution >= 4 is 5.97 Å². The second kappa shape index (κ2) is 5.13. The summed E-state index contributed by atoms with van der Waals surface area (Å²) in [6.45, 7) is 11.8. The highest BCUT2D eigenvalue weighted by Crippen LogP contribution is 2.34. The molecule has 0 bridgehead atoms. The van der Waals surface area contributed by atoms with E-state index in [4.69, 9.17) is 4.74 Å². The minimum atomic E-state index is -0.603. The van der Waals surface area contributed by atoms with Gasteiger partial charge in [-0.2, -0.15) is 0 Å². The molecule has 2 nitrogen and oxygen atoms in total. The van der Waals surface area contributed by atoms with Gasteiger partial charge >= 0.3 is 5.97 Å². The highest BCUT2D eigenvalue weighted by molar-refractivity contribution is 5.83. The van der Waals surface area contributed by atoms with Crippen LogP contribution in [0.4, 0.5) is 0 Å². The van der Waals surface area contributed by atoms with Gasteiger partial charge in [-0.05, 0) is 39.2 Å². The van der Waals surface area contributed by atoms with Crippen molar-refractivity contribution in [3.8, 4) is 0 Å². The molecule has 0 radical (unpaired) electrons. The standard InChI is InChI=1S/C16H24O2/c1-12(2)16(6,13-10-8-7-9-11-13)14(17)18-15(3,4)5/h7-12H,1-6H3. The molecule has 18 heavy (non-hydrogen) atoms. The summed E-state index contributed by atoms with van der Waals surface area (Å²) in [5, 5.41) is 0. The molecule has 0 aromatic heterocycles. The SMILES string of the molecule is CC(C)C(C)(C(=O)OC(C)(C)C)c1ccccc1. The van der Waals surface area contributed by atoms with E-state index in [-0.39, 0.29) is 11.9 Å². The van der Waals surface area contributed by atoms with Gasteiger partial charge in [-0.1, -0.05) is 44.2 Å². The van der Waals surface area contributed by atoms with Gasteiger partial charge in [0.15, 0.2) is 0 Å². The summed E-state index contributed by atoms with van der Waals surface area (Å²) in [6, 6.07) is 9.86. The van der Waals surface area contributed by atoms with Gasteiger partial charge in [0.1, 0.15) is 5.60 Å². The van der Waals surface area contributed by atoms with E-state index in [0.717, 1.165) is 5.56 Å². The summed E-state index contributed by atoms with van der Waals surface area (Å²) in [5.41, 5.74) is -0.0504. The topological polar surface area (TPSA) is 26.3 Å². The van der Waals surface area contributed by atoms with E-state index in [1.54, 1.807) is 0 Å². The van der Waals surface area contributed by atoms with Gasteiger partial charge in [-0.25, -0.2) is 0 Å². The Morgan fingerprint density at radius 1 is 1.06 bits per heavy atom. The Hall–Kier alpha value is -1.31. The summed E-state index contributed by atoms with van der Waals surface area (Å²) in [7, 11) is 0. The lowest BCUT2D eigenvalue weighted by atomic mass is 9.73. The summed E-state index contributed by atoms with van der Waals surface area (Å²) in [5.74, 6) is 0.0194. The maximum Gasteiger partial charge on any atom is 0.317 e. The molecule has 0 aliphatic heterocycles. The molecular weight excluding hydrogens is 224 g/mol. The molecule has 1 atom stereocenters. The van der Waals surface area contributed by atoms with Gasteiger partial charge in [-0.3, -0.25) is 4.79 Å². The first-order chi connectivity index (χ1) is 8.18. The zero-order chi connectivity index (χ0) is 14.0. The smallest absolute Gasteiger partial charge is 0.317 e. The Labute approximate surface area is 110 Å². The monoisotopic (exact) mass is 248 g/mol. The molecule has 0 saturated heterocycles. The predicted molar refractivity (Wildman–Crippen MR) is 74.5 cm³/mol. The second-order valence-corrected chi connectivity index (χ2v) is 6.22. The fourth-order valence-corrected chi connectivity index (χ4v) is 1.86. The Kier molecular flexibility index (Phi) is 4.20. The molecule has 0 aliphatic rings. The first-order valence-corrected chi connectivity index (χ1v) is 6.47. The average molecular weight is 248 g/mol. The summed E-state index contributed by atoms with van der Waals surface area (Å²) >= 11 is 0. The fourth-order valence-electron chi connectivity index (χ4n) is 1.86. The van der Waals surface area contributed by atoms with Crippen LogP contribution in [0.2, 0.25) is 0 Å². The number of ether oxygens (including phenoxy) is 1. The molecule has 0 fully saturated rings. The molecule has 1 aromatic rings. The third-order valence-electron chi connectivity index (χ3n) is 3.35. The van der Waals surface area contributed by atoms with Crippen molar-refractivity contribution in [3.05, 3.63) is 35.9 Å².